The second kappa shape index (κ2) is 5.82. The lowest BCUT2D eigenvalue weighted by Crippen LogP contribution is -2.37. The molecule has 2 aromatic rings. The van der Waals surface area contributed by atoms with Crippen LogP contribution in [0.4, 0.5) is 5.82 Å². The van der Waals surface area contributed by atoms with Crippen LogP contribution in [0.1, 0.15) is 36.8 Å². The van der Waals surface area contributed by atoms with Crippen molar-refractivity contribution in [3.63, 3.8) is 0 Å². The van der Waals surface area contributed by atoms with Gasteiger partial charge in [0, 0.05) is 25.0 Å². The number of anilines is 1. The topological polar surface area (TPSA) is 61.0 Å². The van der Waals surface area contributed by atoms with Crippen LogP contribution >= 0.6 is 0 Å². The lowest BCUT2D eigenvalue weighted by Gasteiger charge is -2.36. The van der Waals surface area contributed by atoms with Crippen molar-refractivity contribution in [1.29, 1.82) is 0 Å². The molecular weight excluding hydrogens is 262 g/mol. The van der Waals surface area contributed by atoms with E-state index in [1.807, 2.05) is 12.1 Å². The Kier molecular flexibility index (Phi) is 3.88. The maximum absolute atomic E-state index is 6.00. The minimum Gasteiger partial charge on any atom is -0.384 e. The Bertz CT molecular complexity index is 607. The van der Waals surface area contributed by atoms with Crippen LogP contribution in [0.5, 0.6) is 0 Å². The molecule has 4 nitrogen and oxygen atoms in total. The van der Waals surface area contributed by atoms with Gasteiger partial charge in [0.1, 0.15) is 11.6 Å². The van der Waals surface area contributed by atoms with Crippen LogP contribution in [-0.2, 0) is 16.6 Å². The number of ether oxygens (including phenoxy) is 1. The number of nitrogens with two attached hydrogens (primary N) is 1. The van der Waals surface area contributed by atoms with E-state index in [4.69, 9.17) is 15.5 Å². The molecule has 2 N–H and O–H groups in total. The molecule has 1 aromatic carbocycles. The fraction of sp³-hybridized carbons (Fsp3) is 0.412. The Morgan fingerprint density at radius 3 is 2.52 bits per heavy atom. The molecule has 0 amide bonds. The Hall–Kier alpha value is -1.94. The predicted molar refractivity (Wildman–Crippen MR) is 83.1 cm³/mol. The lowest BCUT2D eigenvalue weighted by atomic mass is 9.73. The number of hydrogen-bond acceptors (Lipinski definition) is 4. The first-order valence-corrected chi connectivity index (χ1v) is 7.52. The summed E-state index contributed by atoms with van der Waals surface area (Å²) in [5, 5.41) is 0. The van der Waals surface area contributed by atoms with Crippen molar-refractivity contribution < 1.29 is 4.74 Å². The van der Waals surface area contributed by atoms with E-state index in [0.29, 0.717) is 5.82 Å². The first kappa shape index (κ1) is 14.0. The summed E-state index contributed by atoms with van der Waals surface area (Å²) in [6.07, 6.45) is 2.65. The van der Waals surface area contributed by atoms with Crippen LogP contribution in [0.25, 0.3) is 0 Å². The largest absolute Gasteiger partial charge is 0.384 e. The third-order valence-electron chi connectivity index (χ3n) is 4.26. The van der Waals surface area contributed by atoms with E-state index in [0.717, 1.165) is 44.0 Å². The van der Waals surface area contributed by atoms with E-state index in [-0.39, 0.29) is 5.41 Å². The molecule has 1 aromatic heterocycles. The standard InChI is InChI=1S/C17H21N3O/c1-2-14-12-15(18)20-16(19-14)17(8-10-21-11-9-17)13-6-4-3-5-7-13/h3-7,12H,2,8-11H2,1H3,(H2,18,19,20). The minimum atomic E-state index is -0.182. The first-order valence-electron chi connectivity index (χ1n) is 7.52. The number of aromatic nitrogens is 2. The molecule has 21 heavy (non-hydrogen) atoms. The summed E-state index contributed by atoms with van der Waals surface area (Å²) in [5.41, 5.74) is 8.06. The molecule has 0 unspecified atom stereocenters. The van der Waals surface area contributed by atoms with Gasteiger partial charge in [-0.3, -0.25) is 0 Å². The van der Waals surface area contributed by atoms with Crippen LogP contribution in [-0.4, -0.2) is 23.2 Å². The van der Waals surface area contributed by atoms with Gasteiger partial charge in [0.2, 0.25) is 0 Å². The van der Waals surface area contributed by atoms with E-state index < -0.39 is 0 Å². The first-order chi connectivity index (χ1) is 10.2. The Morgan fingerprint density at radius 1 is 1.14 bits per heavy atom. The SMILES string of the molecule is CCc1cc(N)nc(C2(c3ccccc3)CCOCC2)n1. The molecule has 4 heteroatoms. The lowest BCUT2D eigenvalue weighted by molar-refractivity contribution is 0.0604. The predicted octanol–water partition coefficient (Wildman–Crippen LogP) is 2.72. The highest BCUT2D eigenvalue weighted by atomic mass is 16.5. The quantitative estimate of drug-likeness (QED) is 0.941. The van der Waals surface area contributed by atoms with Gasteiger partial charge in [-0.05, 0) is 24.8 Å². The molecule has 2 heterocycles. The second-order valence-corrected chi connectivity index (χ2v) is 5.52. The number of nitrogen functional groups attached to an aromatic ring is 1. The normalized spacial score (nSPS) is 17.6. The molecular formula is C17H21N3O. The van der Waals surface area contributed by atoms with Crippen molar-refractivity contribution in [3.8, 4) is 0 Å². The molecule has 1 saturated heterocycles. The number of nitrogens with zero attached hydrogens (tertiary/aromatic N) is 2. The van der Waals surface area contributed by atoms with Crippen molar-refractivity contribution in [2.45, 2.75) is 31.6 Å². The number of aryl methyl sites for hydroxylation is 1. The second-order valence-electron chi connectivity index (χ2n) is 5.52. The summed E-state index contributed by atoms with van der Waals surface area (Å²) in [5.74, 6) is 1.40. The van der Waals surface area contributed by atoms with Crippen LogP contribution in [0.2, 0.25) is 0 Å². The van der Waals surface area contributed by atoms with Gasteiger partial charge in [0.15, 0.2) is 0 Å². The van der Waals surface area contributed by atoms with Crippen molar-refractivity contribution in [2.75, 3.05) is 18.9 Å². The average molecular weight is 283 g/mol. The van der Waals surface area contributed by atoms with Gasteiger partial charge < -0.3 is 10.5 Å². The summed E-state index contributed by atoms with van der Waals surface area (Å²) in [6, 6.07) is 12.3. The highest BCUT2D eigenvalue weighted by Crippen LogP contribution is 2.39. The fourth-order valence-electron chi connectivity index (χ4n) is 3.03. The maximum atomic E-state index is 6.00. The van der Waals surface area contributed by atoms with Crippen LogP contribution < -0.4 is 5.73 Å². The van der Waals surface area contributed by atoms with E-state index in [1.165, 1.54) is 5.56 Å². The fourth-order valence-corrected chi connectivity index (χ4v) is 3.03. The highest BCUT2D eigenvalue weighted by Gasteiger charge is 2.39. The van der Waals surface area contributed by atoms with E-state index in [1.54, 1.807) is 0 Å². The number of hydrogen-bond donors (Lipinski definition) is 1. The molecule has 0 radical (unpaired) electrons. The summed E-state index contributed by atoms with van der Waals surface area (Å²) in [6.45, 7) is 3.55. The molecule has 3 rings (SSSR count). The highest BCUT2D eigenvalue weighted by molar-refractivity contribution is 5.38. The minimum absolute atomic E-state index is 0.182. The average Bonchev–Trinajstić information content (AvgIpc) is 2.55. The molecule has 0 atom stereocenters. The third-order valence-corrected chi connectivity index (χ3v) is 4.26. The monoisotopic (exact) mass is 283 g/mol. The third kappa shape index (κ3) is 2.63. The van der Waals surface area contributed by atoms with Crippen molar-refractivity contribution in [3.05, 3.63) is 53.5 Å². The summed E-state index contributed by atoms with van der Waals surface area (Å²) in [4.78, 5) is 9.34. The van der Waals surface area contributed by atoms with Crippen molar-refractivity contribution in [2.24, 2.45) is 0 Å². The van der Waals surface area contributed by atoms with Crippen LogP contribution in [0, 0.1) is 0 Å². The number of rotatable bonds is 3. The summed E-state index contributed by atoms with van der Waals surface area (Å²) in [7, 11) is 0. The van der Waals surface area contributed by atoms with Gasteiger partial charge in [0.05, 0.1) is 5.41 Å². The van der Waals surface area contributed by atoms with Gasteiger partial charge in [0.25, 0.3) is 0 Å². The smallest absolute Gasteiger partial charge is 0.141 e. The molecule has 1 aliphatic rings. The van der Waals surface area contributed by atoms with E-state index in [2.05, 4.69) is 36.2 Å². The molecule has 0 aliphatic carbocycles. The Balaban J connectivity index is 2.14. The zero-order chi connectivity index (χ0) is 14.7. The zero-order valence-corrected chi connectivity index (χ0v) is 12.4. The zero-order valence-electron chi connectivity index (χ0n) is 12.4. The Morgan fingerprint density at radius 2 is 1.86 bits per heavy atom. The molecule has 0 spiro atoms. The van der Waals surface area contributed by atoms with Crippen LogP contribution in [0.3, 0.4) is 0 Å². The number of benzene rings is 1. The van der Waals surface area contributed by atoms with Crippen molar-refractivity contribution >= 4 is 5.82 Å². The molecule has 1 fully saturated rings. The maximum Gasteiger partial charge on any atom is 0.141 e. The van der Waals surface area contributed by atoms with Gasteiger partial charge in [-0.15, -0.1) is 0 Å². The van der Waals surface area contributed by atoms with E-state index >= 15 is 0 Å². The van der Waals surface area contributed by atoms with Gasteiger partial charge in [-0.1, -0.05) is 37.3 Å². The molecule has 0 bridgehead atoms. The molecule has 0 saturated carbocycles. The molecule has 110 valence electrons. The van der Waals surface area contributed by atoms with Crippen LogP contribution in [0.15, 0.2) is 36.4 Å². The van der Waals surface area contributed by atoms with Gasteiger partial charge >= 0.3 is 0 Å². The Labute approximate surface area is 125 Å². The van der Waals surface area contributed by atoms with Gasteiger partial charge in [-0.2, -0.15) is 0 Å². The summed E-state index contributed by atoms with van der Waals surface area (Å²) < 4.78 is 5.57. The van der Waals surface area contributed by atoms with Gasteiger partial charge in [-0.25, -0.2) is 9.97 Å². The van der Waals surface area contributed by atoms with E-state index in [9.17, 15) is 0 Å². The molecule has 1 aliphatic heterocycles. The summed E-state index contributed by atoms with van der Waals surface area (Å²) >= 11 is 0. The van der Waals surface area contributed by atoms with Crippen molar-refractivity contribution in [1.82, 2.24) is 9.97 Å².